The Morgan fingerprint density at radius 1 is 1.31 bits per heavy atom. The van der Waals surface area contributed by atoms with Crippen LogP contribution in [0.2, 0.25) is 0 Å². The van der Waals surface area contributed by atoms with Gasteiger partial charge in [-0.15, -0.1) is 0 Å². The molecule has 0 aromatic heterocycles. The molecule has 1 heterocycles. The number of nitrogens with two attached hydrogens (primary N) is 1. The average molecular weight is 227 g/mol. The van der Waals surface area contributed by atoms with Crippen molar-refractivity contribution in [1.82, 2.24) is 10.2 Å². The molecule has 94 valence electrons. The van der Waals surface area contributed by atoms with Gasteiger partial charge in [-0.3, -0.25) is 9.69 Å². The normalized spacial score (nSPS) is 20.7. The summed E-state index contributed by atoms with van der Waals surface area (Å²) in [6.07, 6.45) is 3.14. The predicted octanol–water partition coefficient (Wildman–Crippen LogP) is 0.572. The SMILES string of the molecule is CCC(CC)C(C(N)=O)N1CCCNCC1. The highest BCUT2D eigenvalue weighted by Gasteiger charge is 2.30. The second-order valence-corrected chi connectivity index (χ2v) is 4.56. The summed E-state index contributed by atoms with van der Waals surface area (Å²) < 4.78 is 0. The molecule has 0 aliphatic carbocycles. The smallest absolute Gasteiger partial charge is 0.235 e. The molecule has 0 aromatic rings. The fraction of sp³-hybridized carbons (Fsp3) is 0.917. The lowest BCUT2D eigenvalue weighted by molar-refractivity contribution is -0.125. The Morgan fingerprint density at radius 3 is 2.56 bits per heavy atom. The first-order chi connectivity index (χ1) is 7.70. The summed E-state index contributed by atoms with van der Waals surface area (Å²) in [6, 6.07) is -0.0742. The van der Waals surface area contributed by atoms with Crippen molar-refractivity contribution in [3.63, 3.8) is 0 Å². The first-order valence-corrected chi connectivity index (χ1v) is 6.44. The third kappa shape index (κ3) is 3.46. The molecule has 0 spiro atoms. The summed E-state index contributed by atoms with van der Waals surface area (Å²) in [5.74, 6) is 0.242. The minimum Gasteiger partial charge on any atom is -0.368 e. The molecule has 16 heavy (non-hydrogen) atoms. The van der Waals surface area contributed by atoms with Crippen LogP contribution in [0.4, 0.5) is 0 Å². The topological polar surface area (TPSA) is 58.4 Å². The molecule has 1 unspecified atom stereocenters. The summed E-state index contributed by atoms with van der Waals surface area (Å²) in [7, 11) is 0. The molecule has 0 bridgehead atoms. The van der Waals surface area contributed by atoms with Crippen molar-refractivity contribution in [3.8, 4) is 0 Å². The fourth-order valence-corrected chi connectivity index (χ4v) is 2.59. The third-order valence-electron chi connectivity index (χ3n) is 3.55. The molecule has 1 aliphatic rings. The lowest BCUT2D eigenvalue weighted by Crippen LogP contribution is -2.50. The van der Waals surface area contributed by atoms with Crippen LogP contribution in [-0.4, -0.2) is 43.0 Å². The van der Waals surface area contributed by atoms with Crippen LogP contribution < -0.4 is 11.1 Å². The maximum atomic E-state index is 11.6. The highest BCUT2D eigenvalue weighted by Crippen LogP contribution is 2.19. The van der Waals surface area contributed by atoms with Crippen LogP contribution in [0.5, 0.6) is 0 Å². The predicted molar refractivity (Wildman–Crippen MR) is 66.1 cm³/mol. The molecule has 1 amide bonds. The van der Waals surface area contributed by atoms with E-state index in [-0.39, 0.29) is 11.9 Å². The van der Waals surface area contributed by atoms with Crippen molar-refractivity contribution in [1.29, 1.82) is 0 Å². The molecule has 1 aliphatic heterocycles. The van der Waals surface area contributed by atoms with Crippen LogP contribution in [-0.2, 0) is 4.79 Å². The van der Waals surface area contributed by atoms with Gasteiger partial charge in [0.15, 0.2) is 0 Å². The molecule has 1 saturated heterocycles. The zero-order chi connectivity index (χ0) is 12.0. The zero-order valence-corrected chi connectivity index (χ0v) is 10.5. The van der Waals surface area contributed by atoms with Gasteiger partial charge in [-0.25, -0.2) is 0 Å². The van der Waals surface area contributed by atoms with Gasteiger partial charge < -0.3 is 11.1 Å². The van der Waals surface area contributed by atoms with Gasteiger partial charge in [0.2, 0.25) is 5.91 Å². The van der Waals surface area contributed by atoms with Crippen molar-refractivity contribution in [2.45, 2.75) is 39.2 Å². The van der Waals surface area contributed by atoms with E-state index in [1.807, 2.05) is 0 Å². The van der Waals surface area contributed by atoms with Gasteiger partial charge >= 0.3 is 0 Å². The average Bonchev–Trinajstić information content (AvgIpc) is 2.53. The van der Waals surface area contributed by atoms with Crippen molar-refractivity contribution in [3.05, 3.63) is 0 Å². The van der Waals surface area contributed by atoms with Crippen molar-refractivity contribution in [2.24, 2.45) is 11.7 Å². The van der Waals surface area contributed by atoms with Crippen LogP contribution in [0.25, 0.3) is 0 Å². The minimum absolute atomic E-state index is 0.0742. The van der Waals surface area contributed by atoms with E-state index < -0.39 is 0 Å². The maximum absolute atomic E-state index is 11.6. The molecule has 0 saturated carbocycles. The monoisotopic (exact) mass is 227 g/mol. The lowest BCUT2D eigenvalue weighted by Gasteiger charge is -2.33. The number of nitrogens with zero attached hydrogens (tertiary/aromatic N) is 1. The number of primary amides is 1. The summed E-state index contributed by atoms with van der Waals surface area (Å²) in [5.41, 5.74) is 5.57. The number of rotatable bonds is 5. The lowest BCUT2D eigenvalue weighted by atomic mass is 9.92. The van der Waals surface area contributed by atoms with Gasteiger partial charge in [-0.05, 0) is 18.9 Å². The van der Waals surface area contributed by atoms with Gasteiger partial charge in [-0.2, -0.15) is 0 Å². The van der Waals surface area contributed by atoms with E-state index in [1.165, 1.54) is 0 Å². The van der Waals surface area contributed by atoms with E-state index in [4.69, 9.17) is 5.73 Å². The third-order valence-corrected chi connectivity index (χ3v) is 3.55. The van der Waals surface area contributed by atoms with E-state index in [0.717, 1.165) is 45.4 Å². The Labute approximate surface area is 98.6 Å². The molecule has 1 rings (SSSR count). The first-order valence-electron chi connectivity index (χ1n) is 6.44. The molecular weight excluding hydrogens is 202 g/mol. The van der Waals surface area contributed by atoms with Gasteiger partial charge in [0.25, 0.3) is 0 Å². The second-order valence-electron chi connectivity index (χ2n) is 4.56. The number of hydrogen-bond donors (Lipinski definition) is 2. The Hall–Kier alpha value is -0.610. The molecule has 1 fully saturated rings. The summed E-state index contributed by atoms with van der Waals surface area (Å²) >= 11 is 0. The Morgan fingerprint density at radius 2 is 2.00 bits per heavy atom. The molecule has 0 radical (unpaired) electrons. The van der Waals surface area contributed by atoms with Crippen LogP contribution >= 0.6 is 0 Å². The molecule has 4 heteroatoms. The Kier molecular flexibility index (Phi) is 5.77. The summed E-state index contributed by atoms with van der Waals surface area (Å²) in [4.78, 5) is 13.9. The summed E-state index contributed by atoms with van der Waals surface area (Å²) in [6.45, 7) is 8.20. The van der Waals surface area contributed by atoms with Crippen molar-refractivity contribution >= 4 is 5.91 Å². The van der Waals surface area contributed by atoms with Crippen LogP contribution in [0.15, 0.2) is 0 Å². The van der Waals surface area contributed by atoms with Crippen molar-refractivity contribution < 1.29 is 4.79 Å². The van der Waals surface area contributed by atoms with E-state index in [2.05, 4.69) is 24.1 Å². The second kappa shape index (κ2) is 6.86. The highest BCUT2D eigenvalue weighted by molar-refractivity contribution is 5.80. The zero-order valence-electron chi connectivity index (χ0n) is 10.5. The Bertz CT molecular complexity index is 208. The number of amides is 1. The Balaban J connectivity index is 2.70. The molecule has 3 N–H and O–H groups in total. The molecule has 1 atom stereocenters. The van der Waals surface area contributed by atoms with Gasteiger partial charge in [0.1, 0.15) is 0 Å². The van der Waals surface area contributed by atoms with Crippen LogP contribution in [0.3, 0.4) is 0 Å². The number of carbonyl (C=O) groups is 1. The minimum atomic E-state index is -0.157. The standard InChI is InChI=1S/C12H25N3O/c1-3-10(4-2)11(12(13)16)15-8-5-6-14-7-9-15/h10-11,14H,3-9H2,1-2H3,(H2,13,16). The van der Waals surface area contributed by atoms with Gasteiger partial charge in [-0.1, -0.05) is 26.7 Å². The fourth-order valence-electron chi connectivity index (χ4n) is 2.59. The maximum Gasteiger partial charge on any atom is 0.235 e. The molecule has 0 aromatic carbocycles. The van der Waals surface area contributed by atoms with E-state index >= 15 is 0 Å². The first kappa shape index (κ1) is 13.5. The highest BCUT2D eigenvalue weighted by atomic mass is 16.1. The number of hydrogen-bond acceptors (Lipinski definition) is 3. The number of nitrogens with one attached hydrogen (secondary N) is 1. The van der Waals surface area contributed by atoms with Crippen LogP contribution in [0.1, 0.15) is 33.1 Å². The largest absolute Gasteiger partial charge is 0.368 e. The molecular formula is C12H25N3O. The quantitative estimate of drug-likeness (QED) is 0.722. The number of carbonyl (C=O) groups excluding carboxylic acids is 1. The van der Waals surface area contributed by atoms with Gasteiger partial charge in [0.05, 0.1) is 6.04 Å². The van der Waals surface area contributed by atoms with E-state index in [1.54, 1.807) is 0 Å². The van der Waals surface area contributed by atoms with E-state index in [0.29, 0.717) is 5.92 Å². The van der Waals surface area contributed by atoms with Crippen LogP contribution in [0, 0.1) is 5.92 Å². The summed E-state index contributed by atoms with van der Waals surface area (Å²) in [5, 5.41) is 3.35. The molecule has 4 nitrogen and oxygen atoms in total. The van der Waals surface area contributed by atoms with Gasteiger partial charge in [0, 0.05) is 19.6 Å². The van der Waals surface area contributed by atoms with Crippen molar-refractivity contribution in [2.75, 3.05) is 26.2 Å². The van der Waals surface area contributed by atoms with E-state index in [9.17, 15) is 4.79 Å².